The van der Waals surface area contributed by atoms with Crippen LogP contribution in [-0.4, -0.2) is 11.5 Å². The molecule has 0 amide bonds. The highest BCUT2D eigenvalue weighted by Gasteiger charge is 2.11. The van der Waals surface area contributed by atoms with Crippen molar-refractivity contribution in [1.82, 2.24) is 4.98 Å². The second-order valence-corrected chi connectivity index (χ2v) is 5.78. The van der Waals surface area contributed by atoms with Crippen molar-refractivity contribution in [3.63, 3.8) is 0 Å². The summed E-state index contributed by atoms with van der Waals surface area (Å²) >= 11 is 12.2. The molecule has 112 valence electrons. The smallest absolute Gasteiger partial charge is 0.240 e. The zero-order chi connectivity index (χ0) is 15.4. The van der Waals surface area contributed by atoms with Crippen LogP contribution in [0.25, 0.3) is 0 Å². The summed E-state index contributed by atoms with van der Waals surface area (Å²) in [6.07, 6.45) is 0. The molecular weight excluding hydrogens is 307 g/mol. The van der Waals surface area contributed by atoms with E-state index in [9.17, 15) is 0 Å². The summed E-state index contributed by atoms with van der Waals surface area (Å²) in [4.78, 5) is 4.33. The molecule has 0 aliphatic carbocycles. The number of aromatic nitrogens is 1. The number of hydrogen-bond donors (Lipinski definition) is 1. The topological polar surface area (TPSA) is 34.2 Å². The van der Waals surface area contributed by atoms with Gasteiger partial charge in [-0.15, -0.1) is 0 Å². The van der Waals surface area contributed by atoms with Gasteiger partial charge in [-0.25, -0.2) is 0 Å². The van der Waals surface area contributed by atoms with Crippen LogP contribution in [0.2, 0.25) is 10.0 Å². The maximum atomic E-state index is 6.15. The molecule has 2 aromatic rings. The molecule has 1 heterocycles. The molecular formula is C16H18Cl2N2O. The fourth-order valence-electron chi connectivity index (χ4n) is 1.86. The number of nitrogens with one attached hydrogen (secondary N) is 1. The van der Waals surface area contributed by atoms with Crippen LogP contribution in [0.4, 0.5) is 5.82 Å². The number of nitrogens with zero attached hydrogens (tertiary/aromatic N) is 1. The third-order valence-electron chi connectivity index (χ3n) is 2.98. The molecule has 0 bridgehead atoms. The number of benzene rings is 1. The molecule has 1 aromatic heterocycles. The zero-order valence-corrected chi connectivity index (χ0v) is 13.8. The molecule has 21 heavy (non-hydrogen) atoms. The summed E-state index contributed by atoms with van der Waals surface area (Å²) in [5.41, 5.74) is 1.20. The van der Waals surface area contributed by atoms with E-state index >= 15 is 0 Å². The first-order valence-electron chi connectivity index (χ1n) is 6.89. The van der Waals surface area contributed by atoms with E-state index in [0.29, 0.717) is 33.4 Å². The molecule has 0 fully saturated rings. The maximum Gasteiger partial charge on any atom is 0.240 e. The van der Waals surface area contributed by atoms with Gasteiger partial charge in [-0.2, -0.15) is 4.98 Å². The minimum Gasteiger partial charge on any atom is -0.437 e. The lowest BCUT2D eigenvalue weighted by atomic mass is 10.0. The van der Waals surface area contributed by atoms with Gasteiger partial charge in [0, 0.05) is 6.54 Å². The van der Waals surface area contributed by atoms with Crippen LogP contribution in [0, 0.1) is 0 Å². The number of pyridine rings is 1. The summed E-state index contributed by atoms with van der Waals surface area (Å²) in [5, 5.41) is 3.94. The van der Waals surface area contributed by atoms with Gasteiger partial charge in [0.05, 0.1) is 5.02 Å². The normalized spacial score (nSPS) is 10.8. The third-order valence-corrected chi connectivity index (χ3v) is 3.54. The Hall–Kier alpha value is -1.45. The summed E-state index contributed by atoms with van der Waals surface area (Å²) in [6.45, 7) is 6.96. The summed E-state index contributed by atoms with van der Waals surface area (Å²) in [5.74, 6) is 2.05. The quantitative estimate of drug-likeness (QED) is 0.761. The average molecular weight is 325 g/mol. The summed E-state index contributed by atoms with van der Waals surface area (Å²) in [6, 6.07) is 9.53. The van der Waals surface area contributed by atoms with Gasteiger partial charge in [0.2, 0.25) is 5.88 Å². The van der Waals surface area contributed by atoms with Crippen LogP contribution in [0.15, 0.2) is 30.3 Å². The molecule has 3 nitrogen and oxygen atoms in total. The van der Waals surface area contributed by atoms with Gasteiger partial charge in [-0.05, 0) is 36.6 Å². The molecule has 0 spiro atoms. The van der Waals surface area contributed by atoms with Crippen molar-refractivity contribution in [2.75, 3.05) is 11.9 Å². The van der Waals surface area contributed by atoms with E-state index in [1.807, 2.05) is 25.1 Å². The minimum atomic E-state index is 0.345. The second-order valence-electron chi connectivity index (χ2n) is 4.97. The average Bonchev–Trinajstić information content (AvgIpc) is 2.44. The number of anilines is 1. The Labute approximate surface area is 135 Å². The Morgan fingerprint density at radius 3 is 2.62 bits per heavy atom. The van der Waals surface area contributed by atoms with E-state index in [1.54, 1.807) is 6.07 Å². The SMILES string of the molecule is CCNc1nc(Oc2cccc(C(C)C)c2)c(Cl)cc1Cl. The van der Waals surface area contributed by atoms with Crippen molar-refractivity contribution in [2.24, 2.45) is 0 Å². The first kappa shape index (κ1) is 15.9. The predicted octanol–water partition coefficient (Wildman–Crippen LogP) is 5.74. The van der Waals surface area contributed by atoms with Crippen LogP contribution >= 0.6 is 23.2 Å². The standard InChI is InChI=1S/C16H18Cl2N2O/c1-4-19-15-13(17)9-14(18)16(20-15)21-12-7-5-6-11(8-12)10(2)3/h5-10H,4H2,1-3H3,(H,19,20). The van der Waals surface area contributed by atoms with Gasteiger partial charge in [0.15, 0.2) is 0 Å². The number of rotatable bonds is 5. The molecule has 0 aliphatic heterocycles. The van der Waals surface area contributed by atoms with Crippen molar-refractivity contribution >= 4 is 29.0 Å². The van der Waals surface area contributed by atoms with Crippen molar-refractivity contribution in [2.45, 2.75) is 26.7 Å². The van der Waals surface area contributed by atoms with Gasteiger partial charge in [-0.3, -0.25) is 0 Å². The van der Waals surface area contributed by atoms with Crippen LogP contribution in [-0.2, 0) is 0 Å². The highest BCUT2D eigenvalue weighted by atomic mass is 35.5. The molecule has 0 saturated heterocycles. The molecule has 0 radical (unpaired) electrons. The molecule has 2 rings (SSSR count). The van der Waals surface area contributed by atoms with Crippen molar-refractivity contribution in [1.29, 1.82) is 0 Å². The van der Waals surface area contributed by atoms with Crippen LogP contribution < -0.4 is 10.1 Å². The second kappa shape index (κ2) is 7.01. The Kier molecular flexibility index (Phi) is 5.32. The maximum absolute atomic E-state index is 6.15. The van der Waals surface area contributed by atoms with Crippen molar-refractivity contribution < 1.29 is 4.74 Å². The van der Waals surface area contributed by atoms with E-state index in [2.05, 4.69) is 30.2 Å². The van der Waals surface area contributed by atoms with Gasteiger partial charge >= 0.3 is 0 Å². The van der Waals surface area contributed by atoms with E-state index in [-0.39, 0.29) is 0 Å². The number of hydrogen-bond acceptors (Lipinski definition) is 3. The monoisotopic (exact) mass is 324 g/mol. The first-order chi connectivity index (χ1) is 10.0. The fraction of sp³-hybridized carbons (Fsp3) is 0.312. The van der Waals surface area contributed by atoms with E-state index in [0.717, 1.165) is 6.54 Å². The van der Waals surface area contributed by atoms with Crippen LogP contribution in [0.5, 0.6) is 11.6 Å². The lowest BCUT2D eigenvalue weighted by molar-refractivity contribution is 0.463. The zero-order valence-electron chi connectivity index (χ0n) is 12.3. The van der Waals surface area contributed by atoms with Gasteiger partial charge in [0.25, 0.3) is 0 Å². The molecule has 5 heteroatoms. The lowest BCUT2D eigenvalue weighted by Crippen LogP contribution is -2.01. The van der Waals surface area contributed by atoms with E-state index < -0.39 is 0 Å². The Bertz CT molecular complexity index is 630. The summed E-state index contributed by atoms with van der Waals surface area (Å²) in [7, 11) is 0. The summed E-state index contributed by atoms with van der Waals surface area (Å²) < 4.78 is 5.80. The molecule has 0 saturated carbocycles. The van der Waals surface area contributed by atoms with Gasteiger partial charge in [0.1, 0.15) is 16.6 Å². The predicted molar refractivity (Wildman–Crippen MR) is 89.0 cm³/mol. The van der Waals surface area contributed by atoms with Gasteiger partial charge in [-0.1, -0.05) is 49.2 Å². The van der Waals surface area contributed by atoms with Crippen LogP contribution in [0.1, 0.15) is 32.3 Å². The van der Waals surface area contributed by atoms with Gasteiger partial charge < -0.3 is 10.1 Å². The van der Waals surface area contributed by atoms with Crippen molar-refractivity contribution in [3.05, 3.63) is 45.9 Å². The van der Waals surface area contributed by atoms with E-state index in [1.165, 1.54) is 5.56 Å². The molecule has 0 aliphatic rings. The Morgan fingerprint density at radius 1 is 1.19 bits per heavy atom. The highest BCUT2D eigenvalue weighted by Crippen LogP contribution is 2.34. The largest absolute Gasteiger partial charge is 0.437 e. The first-order valence-corrected chi connectivity index (χ1v) is 7.64. The minimum absolute atomic E-state index is 0.345. The lowest BCUT2D eigenvalue weighted by Gasteiger charge is -2.12. The highest BCUT2D eigenvalue weighted by molar-refractivity contribution is 6.36. The molecule has 1 aromatic carbocycles. The molecule has 0 atom stereocenters. The molecule has 0 unspecified atom stereocenters. The van der Waals surface area contributed by atoms with Crippen LogP contribution in [0.3, 0.4) is 0 Å². The number of halogens is 2. The fourth-order valence-corrected chi connectivity index (χ4v) is 2.33. The number of ether oxygens (including phenoxy) is 1. The molecule has 1 N–H and O–H groups in total. The van der Waals surface area contributed by atoms with E-state index in [4.69, 9.17) is 27.9 Å². The van der Waals surface area contributed by atoms with Crippen molar-refractivity contribution in [3.8, 4) is 11.6 Å². The Morgan fingerprint density at radius 2 is 1.95 bits per heavy atom. The Balaban J connectivity index is 2.30. The third kappa shape index (κ3) is 4.02.